The topological polar surface area (TPSA) is 40.2 Å². The summed E-state index contributed by atoms with van der Waals surface area (Å²) in [6, 6.07) is 8.36. The first-order valence-corrected chi connectivity index (χ1v) is 5.57. The Hall–Kier alpha value is -2.12. The molecule has 0 radical (unpaired) electrons. The Bertz CT molecular complexity index is 558. The van der Waals surface area contributed by atoms with Gasteiger partial charge in [0, 0.05) is 18.7 Å². The molecule has 0 aliphatic carbocycles. The first-order chi connectivity index (χ1) is 8.69. The third-order valence-corrected chi connectivity index (χ3v) is 2.64. The van der Waals surface area contributed by atoms with E-state index >= 15 is 0 Å². The van der Waals surface area contributed by atoms with Gasteiger partial charge in [0.1, 0.15) is 11.9 Å². The van der Waals surface area contributed by atoms with E-state index < -0.39 is 5.82 Å². The standard InChI is InChI=1S/C14H13FN2O/c1-17(9-12-4-5-18-10-12)8-11-2-3-14(15)13(6-11)7-16/h2-6,10H,8-9H2,1H3. The summed E-state index contributed by atoms with van der Waals surface area (Å²) in [6.07, 6.45) is 3.33. The van der Waals surface area contributed by atoms with Crippen LogP contribution in [-0.2, 0) is 13.1 Å². The zero-order valence-corrected chi connectivity index (χ0v) is 10.1. The number of benzene rings is 1. The predicted octanol–water partition coefficient (Wildman–Crippen LogP) is 2.92. The molecule has 18 heavy (non-hydrogen) atoms. The quantitative estimate of drug-likeness (QED) is 0.830. The van der Waals surface area contributed by atoms with Gasteiger partial charge in [-0.2, -0.15) is 5.26 Å². The molecule has 3 nitrogen and oxygen atoms in total. The van der Waals surface area contributed by atoms with Crippen LogP contribution in [0.25, 0.3) is 0 Å². The Morgan fingerprint density at radius 2 is 2.06 bits per heavy atom. The molecule has 0 aliphatic rings. The van der Waals surface area contributed by atoms with Crippen molar-refractivity contribution in [3.05, 3.63) is 59.3 Å². The van der Waals surface area contributed by atoms with Crippen LogP contribution in [-0.4, -0.2) is 11.9 Å². The molecule has 1 aromatic carbocycles. The second-order valence-corrected chi connectivity index (χ2v) is 4.23. The van der Waals surface area contributed by atoms with Gasteiger partial charge in [-0.25, -0.2) is 4.39 Å². The average Bonchev–Trinajstić information content (AvgIpc) is 2.84. The van der Waals surface area contributed by atoms with Gasteiger partial charge in [0.25, 0.3) is 0 Å². The molecule has 0 bridgehead atoms. The normalized spacial score (nSPS) is 10.6. The lowest BCUT2D eigenvalue weighted by molar-refractivity contribution is 0.317. The second kappa shape index (κ2) is 5.48. The average molecular weight is 244 g/mol. The van der Waals surface area contributed by atoms with Gasteiger partial charge in [-0.15, -0.1) is 0 Å². The lowest BCUT2D eigenvalue weighted by Crippen LogP contribution is -2.16. The first kappa shape index (κ1) is 12.3. The molecule has 1 heterocycles. The lowest BCUT2D eigenvalue weighted by Gasteiger charge is -2.15. The van der Waals surface area contributed by atoms with E-state index in [9.17, 15) is 4.39 Å². The fourth-order valence-corrected chi connectivity index (χ4v) is 1.82. The highest BCUT2D eigenvalue weighted by Crippen LogP contribution is 2.12. The van der Waals surface area contributed by atoms with E-state index in [0.717, 1.165) is 17.7 Å². The Kier molecular flexibility index (Phi) is 3.75. The third kappa shape index (κ3) is 2.96. The SMILES string of the molecule is CN(Cc1ccoc1)Cc1ccc(F)c(C#N)c1. The molecule has 2 aromatic rings. The van der Waals surface area contributed by atoms with Gasteiger partial charge in [0.2, 0.25) is 0 Å². The summed E-state index contributed by atoms with van der Waals surface area (Å²) in [5.41, 5.74) is 2.09. The van der Waals surface area contributed by atoms with Gasteiger partial charge in [-0.3, -0.25) is 4.90 Å². The fraction of sp³-hybridized carbons (Fsp3) is 0.214. The molecule has 0 saturated carbocycles. The number of hydrogen-bond donors (Lipinski definition) is 0. The molecular formula is C14H13FN2O. The zero-order chi connectivity index (χ0) is 13.0. The van der Waals surface area contributed by atoms with Gasteiger partial charge in [0.05, 0.1) is 18.1 Å². The number of furan rings is 1. The molecule has 1 aromatic heterocycles. The summed E-state index contributed by atoms with van der Waals surface area (Å²) in [4.78, 5) is 2.07. The molecule has 0 unspecified atom stereocenters. The summed E-state index contributed by atoms with van der Waals surface area (Å²) < 4.78 is 18.2. The maximum absolute atomic E-state index is 13.2. The van der Waals surface area contributed by atoms with E-state index in [1.165, 1.54) is 6.07 Å². The van der Waals surface area contributed by atoms with Crippen molar-refractivity contribution >= 4 is 0 Å². The van der Waals surface area contributed by atoms with Crippen molar-refractivity contribution in [2.45, 2.75) is 13.1 Å². The first-order valence-electron chi connectivity index (χ1n) is 5.57. The maximum Gasteiger partial charge on any atom is 0.140 e. The molecule has 0 saturated heterocycles. The summed E-state index contributed by atoms with van der Waals surface area (Å²) >= 11 is 0. The number of rotatable bonds is 4. The molecule has 92 valence electrons. The van der Waals surface area contributed by atoms with Crippen LogP contribution in [0.15, 0.2) is 41.2 Å². The number of hydrogen-bond acceptors (Lipinski definition) is 3. The number of nitrogens with zero attached hydrogens (tertiary/aromatic N) is 2. The van der Waals surface area contributed by atoms with Crippen molar-refractivity contribution < 1.29 is 8.81 Å². The Morgan fingerprint density at radius 3 is 2.72 bits per heavy atom. The molecule has 4 heteroatoms. The Morgan fingerprint density at radius 1 is 1.28 bits per heavy atom. The van der Waals surface area contributed by atoms with E-state index in [-0.39, 0.29) is 5.56 Å². The highest BCUT2D eigenvalue weighted by molar-refractivity contribution is 5.34. The van der Waals surface area contributed by atoms with E-state index in [0.29, 0.717) is 6.54 Å². The number of nitriles is 1. The smallest absolute Gasteiger partial charge is 0.140 e. The highest BCUT2D eigenvalue weighted by atomic mass is 19.1. The van der Waals surface area contributed by atoms with E-state index in [1.807, 2.05) is 19.2 Å². The van der Waals surface area contributed by atoms with Crippen LogP contribution < -0.4 is 0 Å². The van der Waals surface area contributed by atoms with Crippen LogP contribution in [0.2, 0.25) is 0 Å². The van der Waals surface area contributed by atoms with Crippen LogP contribution in [0.3, 0.4) is 0 Å². The Labute approximate surface area is 105 Å². The van der Waals surface area contributed by atoms with Crippen LogP contribution in [0.5, 0.6) is 0 Å². The molecule has 0 amide bonds. The van der Waals surface area contributed by atoms with Crippen molar-refractivity contribution in [3.8, 4) is 6.07 Å². The van der Waals surface area contributed by atoms with Gasteiger partial charge >= 0.3 is 0 Å². The molecule has 0 atom stereocenters. The molecule has 0 aliphatic heterocycles. The van der Waals surface area contributed by atoms with Gasteiger partial charge < -0.3 is 4.42 Å². The van der Waals surface area contributed by atoms with Crippen molar-refractivity contribution in [3.63, 3.8) is 0 Å². The largest absolute Gasteiger partial charge is 0.472 e. The predicted molar refractivity (Wildman–Crippen MR) is 65.0 cm³/mol. The van der Waals surface area contributed by atoms with Crippen LogP contribution in [0.1, 0.15) is 16.7 Å². The van der Waals surface area contributed by atoms with Crippen LogP contribution in [0.4, 0.5) is 4.39 Å². The summed E-state index contributed by atoms with van der Waals surface area (Å²) in [5, 5.41) is 8.77. The van der Waals surface area contributed by atoms with Gasteiger partial charge in [0.15, 0.2) is 0 Å². The van der Waals surface area contributed by atoms with Crippen molar-refractivity contribution in [2.24, 2.45) is 0 Å². The van der Waals surface area contributed by atoms with Gasteiger partial charge in [-0.05, 0) is 30.8 Å². The fourth-order valence-electron chi connectivity index (χ4n) is 1.82. The summed E-state index contributed by atoms with van der Waals surface area (Å²) in [7, 11) is 1.96. The van der Waals surface area contributed by atoms with E-state index in [4.69, 9.17) is 9.68 Å². The van der Waals surface area contributed by atoms with Crippen LogP contribution in [0, 0.1) is 17.1 Å². The van der Waals surface area contributed by atoms with Crippen LogP contribution >= 0.6 is 0 Å². The minimum absolute atomic E-state index is 0.0872. The van der Waals surface area contributed by atoms with Crippen molar-refractivity contribution in [1.29, 1.82) is 5.26 Å². The maximum atomic E-state index is 13.2. The third-order valence-electron chi connectivity index (χ3n) is 2.64. The molecule has 0 spiro atoms. The zero-order valence-electron chi connectivity index (χ0n) is 10.1. The molecular weight excluding hydrogens is 231 g/mol. The summed E-state index contributed by atoms with van der Waals surface area (Å²) in [6.45, 7) is 1.40. The molecule has 2 rings (SSSR count). The van der Waals surface area contributed by atoms with Crippen molar-refractivity contribution in [1.82, 2.24) is 4.90 Å². The summed E-state index contributed by atoms with van der Waals surface area (Å²) in [5.74, 6) is -0.473. The monoisotopic (exact) mass is 244 g/mol. The highest BCUT2D eigenvalue weighted by Gasteiger charge is 2.06. The minimum Gasteiger partial charge on any atom is -0.472 e. The van der Waals surface area contributed by atoms with Gasteiger partial charge in [-0.1, -0.05) is 6.07 Å². The second-order valence-electron chi connectivity index (χ2n) is 4.23. The molecule has 0 fully saturated rings. The van der Waals surface area contributed by atoms with E-state index in [2.05, 4.69) is 4.90 Å². The Balaban J connectivity index is 2.03. The van der Waals surface area contributed by atoms with E-state index in [1.54, 1.807) is 24.7 Å². The number of halogens is 1. The molecule has 0 N–H and O–H groups in total. The van der Waals surface area contributed by atoms with Crippen molar-refractivity contribution in [2.75, 3.05) is 7.05 Å². The lowest BCUT2D eigenvalue weighted by atomic mass is 10.1. The minimum atomic E-state index is -0.473.